The van der Waals surface area contributed by atoms with E-state index in [9.17, 15) is 13.6 Å². The van der Waals surface area contributed by atoms with Crippen LogP contribution in [0.1, 0.15) is 16.1 Å². The summed E-state index contributed by atoms with van der Waals surface area (Å²) in [5.74, 6) is -1.35. The minimum absolute atomic E-state index is 0.0853. The fourth-order valence-corrected chi connectivity index (χ4v) is 3.00. The highest BCUT2D eigenvalue weighted by Crippen LogP contribution is 2.25. The summed E-state index contributed by atoms with van der Waals surface area (Å²) in [6, 6.07) is 14.3. The van der Waals surface area contributed by atoms with Gasteiger partial charge in [-0.2, -0.15) is 0 Å². The van der Waals surface area contributed by atoms with Crippen LogP contribution < -0.4 is 5.32 Å². The number of amides is 1. The molecule has 6 heteroatoms. The van der Waals surface area contributed by atoms with Gasteiger partial charge in [-0.05, 0) is 30.3 Å². The summed E-state index contributed by atoms with van der Waals surface area (Å²) in [7, 11) is 0. The van der Waals surface area contributed by atoms with E-state index in [0.29, 0.717) is 11.3 Å². The summed E-state index contributed by atoms with van der Waals surface area (Å²) < 4.78 is 32.0. The van der Waals surface area contributed by atoms with E-state index in [-0.39, 0.29) is 11.4 Å². The largest absolute Gasteiger partial charge is 0.459 e. The van der Waals surface area contributed by atoms with E-state index in [1.165, 1.54) is 6.26 Å². The summed E-state index contributed by atoms with van der Waals surface area (Å²) in [5.41, 5.74) is 0.455. The number of anilines is 1. The van der Waals surface area contributed by atoms with Crippen molar-refractivity contribution in [2.24, 2.45) is 0 Å². The van der Waals surface area contributed by atoms with Crippen molar-refractivity contribution >= 4 is 23.4 Å². The van der Waals surface area contributed by atoms with Crippen LogP contribution in [0.2, 0.25) is 0 Å². The third-order valence-corrected chi connectivity index (χ3v) is 4.33. The second kappa shape index (κ2) is 7.31. The number of carbonyl (C=O) groups excluding carboxylic acids is 1. The maximum Gasteiger partial charge on any atom is 0.291 e. The normalized spacial score (nSPS) is 10.6. The Bertz CT molecular complexity index is 849. The number of rotatable bonds is 5. The molecule has 0 aliphatic carbocycles. The first-order valence-electron chi connectivity index (χ1n) is 7.14. The molecule has 0 saturated carbocycles. The number of furan rings is 1. The molecule has 0 atom stereocenters. The lowest BCUT2D eigenvalue weighted by atomic mass is 10.2. The van der Waals surface area contributed by atoms with Crippen molar-refractivity contribution in [3.63, 3.8) is 0 Å². The Hall–Kier alpha value is -2.60. The number of benzene rings is 2. The lowest BCUT2D eigenvalue weighted by Crippen LogP contribution is -2.14. The average molecular weight is 345 g/mol. The first kappa shape index (κ1) is 16.3. The fraction of sp³-hybridized carbons (Fsp3) is 0.0556. The van der Waals surface area contributed by atoms with E-state index in [2.05, 4.69) is 5.32 Å². The topological polar surface area (TPSA) is 42.2 Å². The number of thioether (sulfide) groups is 1. The van der Waals surface area contributed by atoms with Gasteiger partial charge in [-0.25, -0.2) is 8.78 Å². The van der Waals surface area contributed by atoms with Crippen LogP contribution in [0.4, 0.5) is 14.5 Å². The van der Waals surface area contributed by atoms with E-state index >= 15 is 0 Å². The third-order valence-electron chi connectivity index (χ3n) is 3.27. The zero-order valence-electron chi connectivity index (χ0n) is 12.5. The Morgan fingerprint density at radius 3 is 2.67 bits per heavy atom. The second-order valence-corrected chi connectivity index (χ2v) is 6.00. The van der Waals surface area contributed by atoms with E-state index in [1.54, 1.807) is 17.8 Å². The van der Waals surface area contributed by atoms with E-state index < -0.39 is 17.5 Å². The Kier molecular flexibility index (Phi) is 4.96. The van der Waals surface area contributed by atoms with Gasteiger partial charge in [0, 0.05) is 22.3 Å². The standard InChI is InChI=1S/C18H13F2NO2S/c19-13-6-7-15(20)16(10-13)21-18(22)17-12(8-9-23-17)11-24-14-4-2-1-3-5-14/h1-10H,11H2,(H,21,22). The summed E-state index contributed by atoms with van der Waals surface area (Å²) in [4.78, 5) is 13.3. The molecule has 0 fully saturated rings. The Morgan fingerprint density at radius 2 is 1.88 bits per heavy atom. The molecule has 0 unspecified atom stereocenters. The smallest absolute Gasteiger partial charge is 0.291 e. The van der Waals surface area contributed by atoms with Crippen molar-refractivity contribution < 1.29 is 18.0 Å². The summed E-state index contributed by atoms with van der Waals surface area (Å²) in [6.07, 6.45) is 1.40. The van der Waals surface area contributed by atoms with Gasteiger partial charge < -0.3 is 9.73 Å². The number of hydrogen-bond donors (Lipinski definition) is 1. The van der Waals surface area contributed by atoms with Crippen LogP contribution in [0.5, 0.6) is 0 Å². The van der Waals surface area contributed by atoms with Crippen LogP contribution in [-0.4, -0.2) is 5.91 Å². The predicted molar refractivity (Wildman–Crippen MR) is 89.0 cm³/mol. The SMILES string of the molecule is O=C(Nc1cc(F)ccc1F)c1occc1CSc1ccccc1. The van der Waals surface area contributed by atoms with Crippen molar-refractivity contribution in [1.29, 1.82) is 0 Å². The predicted octanol–water partition coefficient (Wildman–Crippen LogP) is 5.10. The molecule has 0 saturated heterocycles. The molecule has 2 aromatic carbocycles. The van der Waals surface area contributed by atoms with Crippen molar-refractivity contribution in [3.8, 4) is 0 Å². The second-order valence-electron chi connectivity index (χ2n) is 4.95. The molecule has 1 amide bonds. The molecule has 0 aliphatic heterocycles. The monoisotopic (exact) mass is 345 g/mol. The van der Waals surface area contributed by atoms with E-state index in [1.807, 2.05) is 30.3 Å². The number of hydrogen-bond acceptors (Lipinski definition) is 3. The fourth-order valence-electron chi connectivity index (χ4n) is 2.10. The Labute approximate surface area is 141 Å². The van der Waals surface area contributed by atoms with Crippen LogP contribution in [0.3, 0.4) is 0 Å². The van der Waals surface area contributed by atoms with Crippen molar-refractivity contribution in [2.45, 2.75) is 10.6 Å². The first-order chi connectivity index (χ1) is 11.6. The third kappa shape index (κ3) is 3.83. The highest BCUT2D eigenvalue weighted by Gasteiger charge is 2.17. The van der Waals surface area contributed by atoms with Gasteiger partial charge in [0.15, 0.2) is 5.76 Å². The van der Waals surface area contributed by atoms with Crippen molar-refractivity contribution in [2.75, 3.05) is 5.32 Å². The molecular weight excluding hydrogens is 332 g/mol. The molecule has 0 spiro atoms. The Morgan fingerprint density at radius 1 is 1.08 bits per heavy atom. The van der Waals surface area contributed by atoms with Crippen molar-refractivity contribution in [1.82, 2.24) is 0 Å². The number of carbonyl (C=O) groups is 1. The minimum Gasteiger partial charge on any atom is -0.459 e. The Balaban J connectivity index is 1.72. The highest BCUT2D eigenvalue weighted by molar-refractivity contribution is 7.98. The molecule has 0 radical (unpaired) electrons. The van der Waals surface area contributed by atoms with Gasteiger partial charge in [0.2, 0.25) is 0 Å². The molecule has 3 nitrogen and oxygen atoms in total. The zero-order valence-corrected chi connectivity index (χ0v) is 13.3. The van der Waals surface area contributed by atoms with Gasteiger partial charge in [0.05, 0.1) is 12.0 Å². The molecule has 1 heterocycles. The lowest BCUT2D eigenvalue weighted by Gasteiger charge is -2.06. The zero-order chi connectivity index (χ0) is 16.9. The molecule has 3 rings (SSSR count). The molecule has 0 aliphatic rings. The van der Waals surface area contributed by atoms with Crippen LogP contribution >= 0.6 is 11.8 Å². The van der Waals surface area contributed by atoms with Crippen molar-refractivity contribution in [3.05, 3.63) is 83.8 Å². The van der Waals surface area contributed by atoms with Gasteiger partial charge in [-0.1, -0.05) is 18.2 Å². The summed E-state index contributed by atoms with van der Waals surface area (Å²) in [6.45, 7) is 0. The molecule has 3 aromatic rings. The highest BCUT2D eigenvalue weighted by atomic mass is 32.2. The number of halogens is 2. The lowest BCUT2D eigenvalue weighted by molar-refractivity contribution is 0.0995. The van der Waals surface area contributed by atoms with E-state index in [4.69, 9.17) is 4.42 Å². The number of nitrogens with one attached hydrogen (secondary N) is 1. The van der Waals surface area contributed by atoms with Crippen LogP contribution in [0.15, 0.2) is 70.2 Å². The van der Waals surface area contributed by atoms with Crippen LogP contribution in [-0.2, 0) is 5.75 Å². The first-order valence-corrected chi connectivity index (χ1v) is 8.12. The maximum absolute atomic E-state index is 13.6. The quantitative estimate of drug-likeness (QED) is 0.654. The van der Waals surface area contributed by atoms with Crippen LogP contribution in [0, 0.1) is 11.6 Å². The molecule has 0 bridgehead atoms. The van der Waals surface area contributed by atoms with Gasteiger partial charge >= 0.3 is 0 Å². The molecule has 1 aromatic heterocycles. The van der Waals surface area contributed by atoms with E-state index in [0.717, 1.165) is 23.1 Å². The molecular formula is C18H13F2NO2S. The molecule has 122 valence electrons. The minimum atomic E-state index is -0.712. The van der Waals surface area contributed by atoms with Gasteiger partial charge in [-0.3, -0.25) is 4.79 Å². The average Bonchev–Trinajstić information content (AvgIpc) is 3.06. The van der Waals surface area contributed by atoms with Gasteiger partial charge in [0.25, 0.3) is 5.91 Å². The molecule has 1 N–H and O–H groups in total. The van der Waals surface area contributed by atoms with Gasteiger partial charge in [0.1, 0.15) is 11.6 Å². The summed E-state index contributed by atoms with van der Waals surface area (Å²) >= 11 is 1.55. The summed E-state index contributed by atoms with van der Waals surface area (Å²) in [5, 5.41) is 2.34. The van der Waals surface area contributed by atoms with Gasteiger partial charge in [-0.15, -0.1) is 11.8 Å². The molecule has 24 heavy (non-hydrogen) atoms. The maximum atomic E-state index is 13.6. The van der Waals surface area contributed by atoms with Crippen LogP contribution in [0.25, 0.3) is 0 Å².